The largest absolute Gasteiger partial charge is 0.495 e. The first-order valence-electron chi connectivity index (χ1n) is 6.67. The molecule has 1 aromatic carbocycles. The van der Waals surface area contributed by atoms with Crippen molar-refractivity contribution in [2.45, 2.75) is 30.7 Å². The maximum atomic E-state index is 12.5. The number of rotatable bonds is 5. The number of sulfonamides is 1. The van der Waals surface area contributed by atoms with E-state index in [4.69, 9.17) is 4.74 Å². The number of benzene rings is 1. The molecule has 0 bridgehead atoms. The third-order valence-electron chi connectivity index (χ3n) is 3.48. The third kappa shape index (κ3) is 3.75. The van der Waals surface area contributed by atoms with E-state index in [1.165, 1.54) is 7.11 Å². The Hall–Kier alpha value is -1.12. The second kappa shape index (κ2) is 5.94. The van der Waals surface area contributed by atoms with Crippen LogP contribution in [0.15, 0.2) is 23.1 Å². The van der Waals surface area contributed by atoms with E-state index in [0.29, 0.717) is 12.8 Å². The molecule has 2 rings (SSSR count). The molecule has 1 aliphatic rings. The summed E-state index contributed by atoms with van der Waals surface area (Å²) in [6.07, 6.45) is 1.00. The van der Waals surface area contributed by atoms with Crippen molar-refractivity contribution in [2.24, 2.45) is 0 Å². The quantitative estimate of drug-likeness (QED) is 0.858. The van der Waals surface area contributed by atoms with Gasteiger partial charge in [0.25, 0.3) is 0 Å². The molecule has 1 heterocycles. The molecule has 0 spiro atoms. The molecule has 0 radical (unpaired) electrons. The molecule has 6 nitrogen and oxygen atoms in total. The second-order valence-corrected chi connectivity index (χ2v) is 8.97. The van der Waals surface area contributed by atoms with Gasteiger partial charge in [-0.3, -0.25) is 0 Å². The highest BCUT2D eigenvalue weighted by Crippen LogP contribution is 2.26. The maximum Gasteiger partial charge on any atom is 0.244 e. The summed E-state index contributed by atoms with van der Waals surface area (Å²) in [5.41, 5.74) is 0.871. The molecule has 0 aliphatic carbocycles. The van der Waals surface area contributed by atoms with Crippen LogP contribution in [0.25, 0.3) is 0 Å². The summed E-state index contributed by atoms with van der Waals surface area (Å²) in [7, 11) is -5.54. The minimum absolute atomic E-state index is 0.0202. The minimum atomic E-state index is -3.81. The predicted molar refractivity (Wildman–Crippen MR) is 79.8 cm³/mol. The van der Waals surface area contributed by atoms with Gasteiger partial charge in [-0.1, -0.05) is 13.0 Å². The lowest BCUT2D eigenvalue weighted by atomic mass is 10.2. The zero-order valence-electron chi connectivity index (χ0n) is 12.0. The molecule has 0 saturated carbocycles. The Morgan fingerprint density at radius 1 is 1.38 bits per heavy atom. The smallest absolute Gasteiger partial charge is 0.244 e. The first-order valence-corrected chi connectivity index (χ1v) is 9.97. The van der Waals surface area contributed by atoms with E-state index in [9.17, 15) is 16.8 Å². The summed E-state index contributed by atoms with van der Waals surface area (Å²) in [4.78, 5) is 0.0497. The Kier molecular flexibility index (Phi) is 4.60. The van der Waals surface area contributed by atoms with Gasteiger partial charge in [-0.05, 0) is 30.5 Å². The first-order chi connectivity index (χ1) is 9.77. The monoisotopic (exact) mass is 333 g/mol. The molecule has 1 N–H and O–H groups in total. The van der Waals surface area contributed by atoms with Crippen molar-refractivity contribution in [2.75, 3.05) is 18.6 Å². The van der Waals surface area contributed by atoms with Crippen molar-refractivity contribution in [1.29, 1.82) is 0 Å². The summed E-state index contributed by atoms with van der Waals surface area (Å²) < 4.78 is 55.3. The lowest BCUT2D eigenvalue weighted by Crippen LogP contribution is -2.35. The number of ether oxygens (including phenoxy) is 1. The standard InChI is InChI=1S/C13H19NO5S2/c1-3-10-4-5-12(19-2)13(8-10)21(17,18)14-11-6-7-20(15,16)9-11/h4-5,8,11,14H,3,6-7,9H2,1-2H3. The predicted octanol–water partition coefficient (Wildman–Crippen LogP) is 0.723. The highest BCUT2D eigenvalue weighted by Gasteiger charge is 2.32. The summed E-state index contributed by atoms with van der Waals surface area (Å²) in [5, 5.41) is 0. The van der Waals surface area contributed by atoms with E-state index in [1.54, 1.807) is 18.2 Å². The molecule has 1 fully saturated rings. The van der Waals surface area contributed by atoms with Crippen LogP contribution in [-0.2, 0) is 26.3 Å². The van der Waals surface area contributed by atoms with Gasteiger partial charge in [-0.25, -0.2) is 21.6 Å². The summed E-state index contributed by atoms with van der Waals surface area (Å²) in [6.45, 7) is 1.93. The van der Waals surface area contributed by atoms with Crippen LogP contribution in [0.2, 0.25) is 0 Å². The number of hydrogen-bond acceptors (Lipinski definition) is 5. The van der Waals surface area contributed by atoms with Crippen LogP contribution in [0.5, 0.6) is 5.75 Å². The van der Waals surface area contributed by atoms with Crippen molar-refractivity contribution >= 4 is 19.9 Å². The normalized spacial score (nSPS) is 21.3. The van der Waals surface area contributed by atoms with Crippen LogP contribution in [0.4, 0.5) is 0 Å². The molecule has 0 aromatic heterocycles. The third-order valence-corrected chi connectivity index (χ3v) is 6.79. The van der Waals surface area contributed by atoms with E-state index >= 15 is 0 Å². The SMILES string of the molecule is CCc1ccc(OC)c(S(=O)(=O)NC2CCS(=O)(=O)C2)c1. The van der Waals surface area contributed by atoms with E-state index in [0.717, 1.165) is 5.56 Å². The van der Waals surface area contributed by atoms with Crippen LogP contribution in [-0.4, -0.2) is 41.5 Å². The molecule has 0 amide bonds. The van der Waals surface area contributed by atoms with Crippen molar-refractivity contribution < 1.29 is 21.6 Å². The van der Waals surface area contributed by atoms with Gasteiger partial charge in [-0.15, -0.1) is 0 Å². The van der Waals surface area contributed by atoms with Gasteiger partial charge in [0.15, 0.2) is 9.84 Å². The van der Waals surface area contributed by atoms with Crippen molar-refractivity contribution in [3.63, 3.8) is 0 Å². The molecule has 1 unspecified atom stereocenters. The lowest BCUT2D eigenvalue weighted by molar-refractivity contribution is 0.402. The molecule has 21 heavy (non-hydrogen) atoms. The minimum Gasteiger partial charge on any atom is -0.495 e. The average molecular weight is 333 g/mol. The molecule has 1 saturated heterocycles. The molecule has 1 atom stereocenters. The van der Waals surface area contributed by atoms with Gasteiger partial charge in [-0.2, -0.15) is 0 Å². The van der Waals surface area contributed by atoms with Gasteiger partial charge in [0.2, 0.25) is 10.0 Å². The number of nitrogens with one attached hydrogen (secondary N) is 1. The van der Waals surface area contributed by atoms with Gasteiger partial charge in [0.05, 0.1) is 18.6 Å². The Morgan fingerprint density at radius 3 is 2.62 bits per heavy atom. The van der Waals surface area contributed by atoms with Crippen LogP contribution in [0, 0.1) is 0 Å². The molecule has 1 aromatic rings. The molecular formula is C13H19NO5S2. The first kappa shape index (κ1) is 16.3. The molecule has 8 heteroatoms. The van der Waals surface area contributed by atoms with Gasteiger partial charge < -0.3 is 4.74 Å². The Morgan fingerprint density at radius 2 is 2.10 bits per heavy atom. The van der Waals surface area contributed by atoms with Crippen molar-refractivity contribution in [1.82, 2.24) is 4.72 Å². The van der Waals surface area contributed by atoms with E-state index < -0.39 is 25.9 Å². The van der Waals surface area contributed by atoms with Crippen LogP contribution in [0.3, 0.4) is 0 Å². The fourth-order valence-corrected chi connectivity index (χ4v) is 5.59. The topological polar surface area (TPSA) is 89.5 Å². The molecule has 1 aliphatic heterocycles. The second-order valence-electron chi connectivity index (χ2n) is 5.06. The number of hydrogen-bond donors (Lipinski definition) is 1. The van der Waals surface area contributed by atoms with Gasteiger partial charge in [0.1, 0.15) is 10.6 Å². The molecule has 118 valence electrons. The fraction of sp³-hybridized carbons (Fsp3) is 0.538. The Bertz CT molecular complexity index is 725. The lowest BCUT2D eigenvalue weighted by Gasteiger charge is -2.15. The zero-order chi connectivity index (χ0) is 15.7. The average Bonchev–Trinajstić information content (AvgIpc) is 2.76. The van der Waals surface area contributed by atoms with Crippen LogP contribution in [0.1, 0.15) is 18.9 Å². The van der Waals surface area contributed by atoms with E-state index in [2.05, 4.69) is 4.72 Å². The summed E-state index contributed by atoms with van der Waals surface area (Å²) >= 11 is 0. The number of aryl methyl sites for hydroxylation is 1. The number of methoxy groups -OCH3 is 1. The summed E-state index contributed by atoms with van der Waals surface area (Å²) in [5.74, 6) is 0.120. The number of sulfone groups is 1. The maximum absolute atomic E-state index is 12.5. The van der Waals surface area contributed by atoms with E-state index in [1.807, 2.05) is 6.92 Å². The van der Waals surface area contributed by atoms with Gasteiger partial charge in [0, 0.05) is 6.04 Å². The fourth-order valence-electron chi connectivity index (χ4n) is 2.32. The molecular weight excluding hydrogens is 314 g/mol. The van der Waals surface area contributed by atoms with Crippen molar-refractivity contribution in [3.8, 4) is 5.75 Å². The highest BCUT2D eigenvalue weighted by atomic mass is 32.2. The van der Waals surface area contributed by atoms with Crippen LogP contribution < -0.4 is 9.46 Å². The van der Waals surface area contributed by atoms with E-state index in [-0.39, 0.29) is 22.2 Å². The zero-order valence-corrected chi connectivity index (χ0v) is 13.6. The Balaban J connectivity index is 2.31. The highest BCUT2D eigenvalue weighted by molar-refractivity contribution is 7.92. The van der Waals surface area contributed by atoms with Crippen LogP contribution >= 0.6 is 0 Å². The van der Waals surface area contributed by atoms with Gasteiger partial charge >= 0.3 is 0 Å². The van der Waals surface area contributed by atoms with Crippen molar-refractivity contribution in [3.05, 3.63) is 23.8 Å². The Labute approximate surface area is 125 Å². The summed E-state index contributed by atoms with van der Waals surface area (Å²) in [6, 6.07) is 4.40.